The van der Waals surface area contributed by atoms with E-state index in [2.05, 4.69) is 20.3 Å². The standard InChI is InChI=1S/C23H24N6O/c1-17-15-20(27-21-16-24-12-13-25-21)28-23(26-17)19-9-5-6-14-29(19)22(30)11-10-18-7-3-2-4-8-18/h2-4,7-8,10-13,15-16,19H,5-6,9,14H2,1H3,(H,25,26,27,28)/b11-10+/t19-/m0/s1. The first-order valence-corrected chi connectivity index (χ1v) is 10.1. The second kappa shape index (κ2) is 9.26. The topological polar surface area (TPSA) is 83.9 Å². The van der Waals surface area contributed by atoms with Crippen molar-refractivity contribution >= 4 is 23.6 Å². The quantitative estimate of drug-likeness (QED) is 0.650. The van der Waals surface area contributed by atoms with E-state index in [9.17, 15) is 4.79 Å². The molecule has 1 aromatic carbocycles. The van der Waals surface area contributed by atoms with Crippen LogP contribution in [0.15, 0.2) is 61.1 Å². The molecule has 3 aromatic rings. The van der Waals surface area contributed by atoms with E-state index in [0.29, 0.717) is 24.0 Å². The predicted molar refractivity (Wildman–Crippen MR) is 116 cm³/mol. The summed E-state index contributed by atoms with van der Waals surface area (Å²) in [6.45, 7) is 2.63. The lowest BCUT2D eigenvalue weighted by Gasteiger charge is -2.34. The fourth-order valence-corrected chi connectivity index (χ4v) is 3.59. The summed E-state index contributed by atoms with van der Waals surface area (Å²) >= 11 is 0. The molecular formula is C23H24N6O. The highest BCUT2D eigenvalue weighted by molar-refractivity contribution is 5.92. The molecule has 1 fully saturated rings. The van der Waals surface area contributed by atoms with E-state index in [1.807, 2.05) is 54.3 Å². The maximum atomic E-state index is 13.0. The third-order valence-corrected chi connectivity index (χ3v) is 4.99. The molecule has 1 atom stereocenters. The lowest BCUT2D eigenvalue weighted by Crippen LogP contribution is -2.38. The van der Waals surface area contributed by atoms with Gasteiger partial charge in [-0.25, -0.2) is 15.0 Å². The molecule has 1 N–H and O–H groups in total. The lowest BCUT2D eigenvalue weighted by atomic mass is 10.0. The minimum absolute atomic E-state index is 0.0166. The Morgan fingerprint density at radius 1 is 1.13 bits per heavy atom. The number of hydrogen-bond acceptors (Lipinski definition) is 6. The number of piperidine rings is 1. The number of nitrogens with one attached hydrogen (secondary N) is 1. The van der Waals surface area contributed by atoms with Crippen molar-refractivity contribution in [2.24, 2.45) is 0 Å². The minimum Gasteiger partial charge on any atom is -0.329 e. The molecule has 0 unspecified atom stereocenters. The molecule has 152 valence electrons. The van der Waals surface area contributed by atoms with Crippen LogP contribution in [0.3, 0.4) is 0 Å². The third-order valence-electron chi connectivity index (χ3n) is 4.99. The van der Waals surface area contributed by atoms with E-state index in [1.165, 1.54) is 0 Å². The second-order valence-corrected chi connectivity index (χ2v) is 7.26. The maximum absolute atomic E-state index is 13.0. The van der Waals surface area contributed by atoms with Gasteiger partial charge in [-0.1, -0.05) is 30.3 Å². The van der Waals surface area contributed by atoms with Gasteiger partial charge in [-0.15, -0.1) is 0 Å². The maximum Gasteiger partial charge on any atom is 0.247 e. The van der Waals surface area contributed by atoms with Crippen molar-refractivity contribution in [3.05, 3.63) is 78.1 Å². The Morgan fingerprint density at radius 2 is 2.00 bits per heavy atom. The summed E-state index contributed by atoms with van der Waals surface area (Å²) < 4.78 is 0. The van der Waals surface area contributed by atoms with E-state index in [4.69, 9.17) is 4.98 Å². The second-order valence-electron chi connectivity index (χ2n) is 7.26. The molecule has 1 saturated heterocycles. The van der Waals surface area contributed by atoms with Gasteiger partial charge in [0.25, 0.3) is 0 Å². The van der Waals surface area contributed by atoms with Gasteiger partial charge in [0, 0.05) is 36.8 Å². The van der Waals surface area contributed by atoms with Gasteiger partial charge < -0.3 is 10.2 Å². The first-order chi connectivity index (χ1) is 14.7. The molecule has 1 aliphatic heterocycles. The highest BCUT2D eigenvalue weighted by atomic mass is 16.2. The van der Waals surface area contributed by atoms with Crippen LogP contribution in [0.2, 0.25) is 0 Å². The third kappa shape index (κ3) is 4.86. The summed E-state index contributed by atoms with van der Waals surface area (Å²) in [5.41, 5.74) is 1.84. The number of aromatic nitrogens is 4. The highest BCUT2D eigenvalue weighted by Gasteiger charge is 2.29. The molecule has 4 rings (SSSR count). The SMILES string of the molecule is Cc1cc(Nc2cnccn2)nc([C@@H]2CCCCN2C(=O)/C=C/c2ccccc2)n1. The highest BCUT2D eigenvalue weighted by Crippen LogP contribution is 2.30. The zero-order chi connectivity index (χ0) is 20.8. The van der Waals surface area contributed by atoms with E-state index in [-0.39, 0.29) is 11.9 Å². The Balaban J connectivity index is 1.56. The van der Waals surface area contributed by atoms with Crippen molar-refractivity contribution in [1.82, 2.24) is 24.8 Å². The first kappa shape index (κ1) is 19.7. The Kier molecular flexibility index (Phi) is 6.08. The summed E-state index contributed by atoms with van der Waals surface area (Å²) in [6, 6.07) is 11.6. The van der Waals surface area contributed by atoms with E-state index in [1.54, 1.807) is 24.7 Å². The zero-order valence-electron chi connectivity index (χ0n) is 16.9. The smallest absolute Gasteiger partial charge is 0.247 e. The van der Waals surface area contributed by atoms with E-state index >= 15 is 0 Å². The number of amides is 1. The number of benzene rings is 1. The minimum atomic E-state index is -0.144. The molecule has 0 bridgehead atoms. The van der Waals surface area contributed by atoms with Crippen LogP contribution in [0.4, 0.5) is 11.6 Å². The van der Waals surface area contributed by atoms with Gasteiger partial charge in [0.1, 0.15) is 11.6 Å². The Hall–Kier alpha value is -3.61. The van der Waals surface area contributed by atoms with Gasteiger partial charge >= 0.3 is 0 Å². The lowest BCUT2D eigenvalue weighted by molar-refractivity contribution is -0.129. The van der Waals surface area contributed by atoms with Crippen molar-refractivity contribution < 1.29 is 4.79 Å². The number of likely N-dealkylation sites (tertiary alicyclic amines) is 1. The molecule has 30 heavy (non-hydrogen) atoms. The van der Waals surface area contributed by atoms with Crippen LogP contribution in [0.1, 0.15) is 42.4 Å². The summed E-state index contributed by atoms with van der Waals surface area (Å²) in [5, 5.41) is 3.17. The van der Waals surface area contributed by atoms with Gasteiger partial charge in [0.15, 0.2) is 5.82 Å². The Labute approximate surface area is 175 Å². The molecule has 3 heterocycles. The molecule has 0 aliphatic carbocycles. The fraction of sp³-hybridized carbons (Fsp3) is 0.261. The van der Waals surface area contributed by atoms with Gasteiger partial charge in [-0.2, -0.15) is 0 Å². The number of carbonyl (C=O) groups is 1. The molecule has 7 heteroatoms. The van der Waals surface area contributed by atoms with E-state index in [0.717, 1.165) is 30.5 Å². The predicted octanol–water partition coefficient (Wildman–Crippen LogP) is 4.09. The summed E-state index contributed by atoms with van der Waals surface area (Å²) in [4.78, 5) is 32.5. The fourth-order valence-electron chi connectivity index (χ4n) is 3.59. The van der Waals surface area contributed by atoms with E-state index < -0.39 is 0 Å². The van der Waals surface area contributed by atoms with Crippen molar-refractivity contribution in [2.45, 2.75) is 32.2 Å². The van der Waals surface area contributed by atoms with Crippen LogP contribution in [0.5, 0.6) is 0 Å². The molecule has 0 spiro atoms. The largest absolute Gasteiger partial charge is 0.329 e. The number of rotatable bonds is 5. The van der Waals surface area contributed by atoms with Crippen molar-refractivity contribution in [3.63, 3.8) is 0 Å². The van der Waals surface area contributed by atoms with Crippen molar-refractivity contribution in [3.8, 4) is 0 Å². The number of aryl methyl sites for hydroxylation is 1. The number of anilines is 2. The monoisotopic (exact) mass is 400 g/mol. The summed E-state index contributed by atoms with van der Waals surface area (Å²) in [6.07, 6.45) is 11.3. The normalized spacial score (nSPS) is 16.6. The summed E-state index contributed by atoms with van der Waals surface area (Å²) in [7, 11) is 0. The van der Waals surface area contributed by atoms with Crippen LogP contribution in [0, 0.1) is 6.92 Å². The molecule has 2 aromatic heterocycles. The molecule has 7 nitrogen and oxygen atoms in total. The van der Waals surface area contributed by atoms with Gasteiger partial charge in [0.2, 0.25) is 5.91 Å². The van der Waals surface area contributed by atoms with Crippen LogP contribution in [-0.2, 0) is 4.79 Å². The molecule has 1 amide bonds. The average Bonchev–Trinajstić information content (AvgIpc) is 2.78. The molecule has 0 saturated carbocycles. The molecular weight excluding hydrogens is 376 g/mol. The molecule has 0 radical (unpaired) electrons. The molecule has 1 aliphatic rings. The number of nitrogens with zero attached hydrogens (tertiary/aromatic N) is 5. The zero-order valence-corrected chi connectivity index (χ0v) is 16.9. The van der Waals surface area contributed by atoms with Crippen LogP contribution < -0.4 is 5.32 Å². The van der Waals surface area contributed by atoms with Gasteiger partial charge in [-0.3, -0.25) is 9.78 Å². The van der Waals surface area contributed by atoms with Crippen molar-refractivity contribution in [2.75, 3.05) is 11.9 Å². The Morgan fingerprint density at radius 3 is 2.80 bits per heavy atom. The number of hydrogen-bond donors (Lipinski definition) is 1. The van der Waals surface area contributed by atoms with Crippen LogP contribution in [0.25, 0.3) is 6.08 Å². The Bertz CT molecular complexity index is 1020. The number of carbonyl (C=O) groups excluding carboxylic acids is 1. The van der Waals surface area contributed by atoms with Crippen molar-refractivity contribution in [1.29, 1.82) is 0 Å². The van der Waals surface area contributed by atoms with Gasteiger partial charge in [-0.05, 0) is 37.8 Å². The van der Waals surface area contributed by atoms with Crippen LogP contribution in [-0.4, -0.2) is 37.3 Å². The average molecular weight is 400 g/mol. The summed E-state index contributed by atoms with van der Waals surface area (Å²) in [5.74, 6) is 1.90. The van der Waals surface area contributed by atoms with Crippen LogP contribution >= 0.6 is 0 Å². The first-order valence-electron chi connectivity index (χ1n) is 10.1. The van der Waals surface area contributed by atoms with Gasteiger partial charge in [0.05, 0.1) is 12.2 Å².